The molecule has 44 heavy (non-hydrogen) atoms. The zero-order valence-corrected chi connectivity index (χ0v) is 26.0. The number of carbonyl (C=O) groups is 2. The van der Waals surface area contributed by atoms with Crippen molar-refractivity contribution in [2.24, 2.45) is 0 Å². The van der Waals surface area contributed by atoms with Crippen molar-refractivity contribution in [1.82, 2.24) is 20.9 Å². The Morgan fingerprint density at radius 2 is 1.73 bits per heavy atom. The van der Waals surface area contributed by atoms with Gasteiger partial charge in [-0.25, -0.2) is 0 Å². The standard InChI is InChI=1S/C38H46N4O2/c1-4-13-33-26-29(19-21-30(33)5-2)20-22-37(43)40-27-34-23-25-42(38(44)36(41-34)18-12-24-39-3)28-35(31-14-8-6-9-15-31)32-16-10-7-11-17-32/h4-11,13-17,19-22,26,34-36,39,41H,2,12,18,23-25,27-28H2,1,3H3,(H,40,43)/b13-4-,22-20+. The first-order valence-corrected chi connectivity index (χ1v) is 15.7. The summed E-state index contributed by atoms with van der Waals surface area (Å²) >= 11 is 0. The van der Waals surface area contributed by atoms with Gasteiger partial charge in [-0.15, -0.1) is 0 Å². The quantitative estimate of drug-likeness (QED) is 0.162. The van der Waals surface area contributed by atoms with Crippen molar-refractivity contribution in [3.63, 3.8) is 0 Å². The van der Waals surface area contributed by atoms with Crippen molar-refractivity contribution >= 4 is 30.0 Å². The van der Waals surface area contributed by atoms with Crippen LogP contribution >= 0.6 is 0 Å². The molecule has 2 unspecified atom stereocenters. The average Bonchev–Trinajstić information content (AvgIpc) is 3.20. The topological polar surface area (TPSA) is 73.5 Å². The zero-order chi connectivity index (χ0) is 31.1. The molecule has 1 aliphatic heterocycles. The monoisotopic (exact) mass is 590 g/mol. The number of nitrogens with zero attached hydrogens (tertiary/aromatic N) is 1. The summed E-state index contributed by atoms with van der Waals surface area (Å²) < 4.78 is 0. The van der Waals surface area contributed by atoms with Gasteiger partial charge in [0.15, 0.2) is 0 Å². The highest BCUT2D eigenvalue weighted by atomic mass is 16.2. The van der Waals surface area contributed by atoms with Crippen molar-refractivity contribution in [2.45, 2.75) is 44.2 Å². The first-order chi connectivity index (χ1) is 21.5. The lowest BCUT2D eigenvalue weighted by atomic mass is 9.90. The predicted molar refractivity (Wildman–Crippen MR) is 183 cm³/mol. The summed E-state index contributed by atoms with van der Waals surface area (Å²) in [6, 6.07) is 26.6. The molecule has 1 heterocycles. The summed E-state index contributed by atoms with van der Waals surface area (Å²) in [5, 5.41) is 9.85. The first-order valence-electron chi connectivity index (χ1n) is 15.7. The maximum Gasteiger partial charge on any atom is 0.244 e. The summed E-state index contributed by atoms with van der Waals surface area (Å²) in [6.45, 7) is 8.40. The van der Waals surface area contributed by atoms with Crippen LogP contribution in [0.5, 0.6) is 0 Å². The molecule has 0 radical (unpaired) electrons. The fourth-order valence-electron chi connectivity index (χ4n) is 5.77. The third-order valence-electron chi connectivity index (χ3n) is 8.15. The Morgan fingerprint density at radius 1 is 1.02 bits per heavy atom. The fraction of sp³-hybridized carbons (Fsp3) is 0.316. The van der Waals surface area contributed by atoms with E-state index in [1.807, 2.05) is 73.5 Å². The number of hydrogen-bond acceptors (Lipinski definition) is 4. The number of benzene rings is 3. The van der Waals surface area contributed by atoms with Crippen LogP contribution in [0.1, 0.15) is 59.9 Å². The van der Waals surface area contributed by atoms with Gasteiger partial charge in [-0.2, -0.15) is 0 Å². The molecule has 0 bridgehead atoms. The van der Waals surface area contributed by atoms with Gasteiger partial charge in [0.05, 0.1) is 6.04 Å². The summed E-state index contributed by atoms with van der Waals surface area (Å²) in [4.78, 5) is 28.8. The highest BCUT2D eigenvalue weighted by molar-refractivity contribution is 5.92. The molecule has 230 valence electrons. The molecule has 2 atom stereocenters. The van der Waals surface area contributed by atoms with E-state index in [-0.39, 0.29) is 29.8 Å². The van der Waals surface area contributed by atoms with Crippen LogP contribution in [-0.2, 0) is 9.59 Å². The van der Waals surface area contributed by atoms with Gasteiger partial charge in [0.2, 0.25) is 11.8 Å². The van der Waals surface area contributed by atoms with E-state index >= 15 is 0 Å². The number of hydrogen-bond donors (Lipinski definition) is 3. The van der Waals surface area contributed by atoms with Gasteiger partial charge >= 0.3 is 0 Å². The van der Waals surface area contributed by atoms with Crippen LogP contribution in [0.25, 0.3) is 18.2 Å². The van der Waals surface area contributed by atoms with E-state index in [9.17, 15) is 9.59 Å². The molecule has 0 aliphatic carbocycles. The Hall–Kier alpha value is -4.26. The minimum absolute atomic E-state index is 0.0130. The third kappa shape index (κ3) is 9.37. The summed E-state index contributed by atoms with van der Waals surface area (Å²) in [5.41, 5.74) is 5.46. The summed E-state index contributed by atoms with van der Waals surface area (Å²) in [6.07, 6.45) is 11.6. The Labute approximate surface area is 263 Å². The minimum Gasteiger partial charge on any atom is -0.351 e. The second-order valence-corrected chi connectivity index (χ2v) is 11.3. The van der Waals surface area contributed by atoms with Gasteiger partial charge in [-0.3, -0.25) is 9.59 Å². The molecule has 1 fully saturated rings. The van der Waals surface area contributed by atoms with Crippen LogP contribution < -0.4 is 16.0 Å². The lowest BCUT2D eigenvalue weighted by molar-refractivity contribution is -0.133. The van der Waals surface area contributed by atoms with Gasteiger partial charge in [-0.1, -0.05) is 97.6 Å². The van der Waals surface area contributed by atoms with E-state index in [0.29, 0.717) is 19.6 Å². The number of allylic oxidation sites excluding steroid dienone is 1. The van der Waals surface area contributed by atoms with Crippen LogP contribution in [0.2, 0.25) is 0 Å². The zero-order valence-electron chi connectivity index (χ0n) is 26.0. The molecular weight excluding hydrogens is 544 g/mol. The van der Waals surface area contributed by atoms with Crippen LogP contribution in [0.15, 0.2) is 97.6 Å². The Morgan fingerprint density at radius 3 is 2.36 bits per heavy atom. The van der Waals surface area contributed by atoms with Gasteiger partial charge in [0.25, 0.3) is 0 Å². The van der Waals surface area contributed by atoms with E-state index in [4.69, 9.17) is 0 Å². The van der Waals surface area contributed by atoms with Crippen LogP contribution in [0.3, 0.4) is 0 Å². The van der Waals surface area contributed by atoms with E-state index in [1.54, 1.807) is 6.08 Å². The summed E-state index contributed by atoms with van der Waals surface area (Å²) in [7, 11) is 1.93. The summed E-state index contributed by atoms with van der Waals surface area (Å²) in [5.74, 6) is 0.0562. The first kappa shape index (κ1) is 32.6. The van der Waals surface area contributed by atoms with Crippen molar-refractivity contribution < 1.29 is 9.59 Å². The van der Waals surface area contributed by atoms with Crippen LogP contribution in [-0.4, -0.2) is 62.0 Å². The van der Waals surface area contributed by atoms with Crippen molar-refractivity contribution in [3.05, 3.63) is 125 Å². The normalized spacial score (nSPS) is 17.3. The van der Waals surface area contributed by atoms with Gasteiger partial charge in [0, 0.05) is 37.7 Å². The van der Waals surface area contributed by atoms with Crippen molar-refractivity contribution in [2.75, 3.05) is 33.2 Å². The number of amides is 2. The third-order valence-corrected chi connectivity index (χ3v) is 8.15. The Balaban J connectivity index is 1.44. The van der Waals surface area contributed by atoms with Gasteiger partial charge in [-0.05, 0) is 79.7 Å². The highest BCUT2D eigenvalue weighted by Crippen LogP contribution is 2.27. The van der Waals surface area contributed by atoms with Crippen molar-refractivity contribution in [1.29, 1.82) is 0 Å². The molecule has 3 aromatic rings. The lowest BCUT2D eigenvalue weighted by Crippen LogP contribution is -2.49. The molecule has 3 N–H and O–H groups in total. The molecule has 1 saturated heterocycles. The van der Waals surface area contributed by atoms with Crippen molar-refractivity contribution in [3.8, 4) is 0 Å². The van der Waals surface area contributed by atoms with E-state index in [1.165, 1.54) is 11.1 Å². The number of carbonyl (C=O) groups excluding carboxylic acids is 2. The molecule has 1 aliphatic rings. The molecule has 6 nitrogen and oxygen atoms in total. The lowest BCUT2D eigenvalue weighted by Gasteiger charge is -2.29. The van der Waals surface area contributed by atoms with E-state index in [0.717, 1.165) is 42.5 Å². The molecule has 0 saturated carbocycles. The fourth-order valence-corrected chi connectivity index (χ4v) is 5.77. The second-order valence-electron chi connectivity index (χ2n) is 11.3. The molecule has 0 aromatic heterocycles. The van der Waals surface area contributed by atoms with E-state index < -0.39 is 0 Å². The average molecular weight is 591 g/mol. The molecule has 6 heteroatoms. The van der Waals surface area contributed by atoms with Gasteiger partial charge in [0.1, 0.15) is 0 Å². The number of nitrogens with one attached hydrogen (secondary N) is 3. The SMILES string of the molecule is C=Cc1ccc(/C=C/C(=O)NCC2CCN(CC(c3ccccc3)c3ccccc3)C(=O)C(CCCNC)N2)cc1/C=C\C. The molecule has 2 amide bonds. The van der Waals surface area contributed by atoms with Gasteiger partial charge < -0.3 is 20.9 Å². The van der Waals surface area contributed by atoms with Crippen LogP contribution in [0.4, 0.5) is 0 Å². The van der Waals surface area contributed by atoms with E-state index in [2.05, 4.69) is 71.1 Å². The van der Waals surface area contributed by atoms with Crippen LogP contribution in [0, 0.1) is 0 Å². The second kappa shape index (κ2) is 17.1. The Kier molecular flexibility index (Phi) is 12.7. The Bertz CT molecular complexity index is 1380. The largest absolute Gasteiger partial charge is 0.351 e. The molecular formula is C38H46N4O2. The maximum atomic E-state index is 13.9. The maximum absolute atomic E-state index is 13.9. The number of rotatable bonds is 14. The predicted octanol–water partition coefficient (Wildman–Crippen LogP) is 5.88. The minimum atomic E-state index is -0.302. The molecule has 3 aromatic carbocycles. The smallest absolute Gasteiger partial charge is 0.244 e. The molecule has 4 rings (SSSR count). The molecule has 0 spiro atoms. The highest BCUT2D eigenvalue weighted by Gasteiger charge is 2.32.